The van der Waals surface area contributed by atoms with Crippen LogP contribution in [-0.2, 0) is 0 Å². The topological polar surface area (TPSA) is 76.2 Å². The lowest BCUT2D eigenvalue weighted by atomic mass is 9.91. The van der Waals surface area contributed by atoms with Crippen molar-refractivity contribution in [2.45, 2.75) is 6.10 Å². The van der Waals surface area contributed by atoms with Gasteiger partial charge in [-0.05, 0) is 35.9 Å². The van der Waals surface area contributed by atoms with E-state index in [9.17, 15) is 9.90 Å². The summed E-state index contributed by atoms with van der Waals surface area (Å²) in [6.07, 6.45) is 1.80. The van der Waals surface area contributed by atoms with E-state index in [1.54, 1.807) is 66.9 Å². The number of aliphatic hydroxyl groups excluding tert-OH is 1. The Labute approximate surface area is 166 Å². The number of nitrogens with zero attached hydrogens (tertiary/aromatic N) is 1. The van der Waals surface area contributed by atoms with Gasteiger partial charge in [0, 0.05) is 34.2 Å². The van der Waals surface area contributed by atoms with E-state index < -0.39 is 11.9 Å². The molecule has 1 heterocycles. The molecule has 0 aliphatic heterocycles. The van der Waals surface area contributed by atoms with Gasteiger partial charge in [-0.2, -0.15) is 0 Å². The standard InChI is InChI=1S/C21H16Cl2N2O2/c22-15-9-7-13(8-10-15)19(24)18(20(26)14-4-3-11-25-12-14)21(27)16-5-1-2-6-17(16)23/h1-12,20,26H,24H2. The molecule has 136 valence electrons. The smallest absolute Gasteiger partial charge is 0.195 e. The fourth-order valence-corrected chi connectivity index (χ4v) is 3.02. The number of aromatic nitrogens is 1. The van der Waals surface area contributed by atoms with E-state index in [4.69, 9.17) is 28.9 Å². The second-order valence-corrected chi connectivity index (χ2v) is 6.68. The third kappa shape index (κ3) is 4.19. The maximum Gasteiger partial charge on any atom is 0.195 e. The highest BCUT2D eigenvalue weighted by atomic mass is 35.5. The fourth-order valence-electron chi connectivity index (χ4n) is 2.67. The van der Waals surface area contributed by atoms with Gasteiger partial charge in [-0.25, -0.2) is 0 Å². The number of rotatable bonds is 5. The Kier molecular flexibility index (Phi) is 5.91. The second-order valence-electron chi connectivity index (χ2n) is 5.83. The fraction of sp³-hybridized carbons (Fsp3) is 0.0476. The minimum Gasteiger partial charge on any atom is -0.398 e. The van der Waals surface area contributed by atoms with Gasteiger partial charge in [0.2, 0.25) is 0 Å². The van der Waals surface area contributed by atoms with E-state index in [0.717, 1.165) is 0 Å². The third-order valence-corrected chi connectivity index (χ3v) is 4.66. The van der Waals surface area contributed by atoms with Crippen LogP contribution in [-0.4, -0.2) is 15.9 Å². The minimum atomic E-state index is -1.27. The van der Waals surface area contributed by atoms with Crippen LogP contribution < -0.4 is 5.73 Å². The van der Waals surface area contributed by atoms with Crippen LogP contribution in [0.1, 0.15) is 27.6 Å². The highest BCUT2D eigenvalue weighted by Gasteiger charge is 2.27. The normalized spacial score (nSPS) is 13.0. The molecule has 27 heavy (non-hydrogen) atoms. The molecule has 0 spiro atoms. The number of halogens is 2. The average Bonchev–Trinajstić information content (AvgIpc) is 2.69. The van der Waals surface area contributed by atoms with Gasteiger partial charge in [-0.15, -0.1) is 0 Å². The van der Waals surface area contributed by atoms with Crippen molar-refractivity contribution in [3.8, 4) is 0 Å². The Morgan fingerprint density at radius 1 is 1.00 bits per heavy atom. The number of nitrogens with two attached hydrogens (primary N) is 1. The molecule has 3 aromatic rings. The van der Waals surface area contributed by atoms with Gasteiger partial charge in [0.1, 0.15) is 6.10 Å². The summed E-state index contributed by atoms with van der Waals surface area (Å²) in [5.74, 6) is -0.454. The maximum absolute atomic E-state index is 13.2. The summed E-state index contributed by atoms with van der Waals surface area (Å²) >= 11 is 12.1. The molecule has 3 N–H and O–H groups in total. The summed E-state index contributed by atoms with van der Waals surface area (Å²) in [6.45, 7) is 0. The van der Waals surface area contributed by atoms with Gasteiger partial charge in [-0.1, -0.05) is 53.5 Å². The van der Waals surface area contributed by atoms with E-state index >= 15 is 0 Å². The molecule has 0 amide bonds. The number of carbonyl (C=O) groups excluding carboxylic acids is 1. The second kappa shape index (κ2) is 8.35. The average molecular weight is 399 g/mol. The quantitative estimate of drug-likeness (QED) is 0.483. The molecular formula is C21H16Cl2N2O2. The molecule has 3 rings (SSSR count). The summed E-state index contributed by atoms with van der Waals surface area (Å²) in [7, 11) is 0. The van der Waals surface area contributed by atoms with Crippen LogP contribution in [0.3, 0.4) is 0 Å². The monoisotopic (exact) mass is 398 g/mol. The lowest BCUT2D eigenvalue weighted by molar-refractivity contribution is 0.0988. The summed E-state index contributed by atoms with van der Waals surface area (Å²) in [4.78, 5) is 17.2. The summed E-state index contributed by atoms with van der Waals surface area (Å²) in [5, 5.41) is 11.7. The SMILES string of the molecule is NC(=C(C(=O)c1ccccc1Cl)C(O)c1cccnc1)c1ccc(Cl)cc1. The van der Waals surface area contributed by atoms with Crippen molar-refractivity contribution >= 4 is 34.7 Å². The maximum atomic E-state index is 13.2. The van der Waals surface area contributed by atoms with Gasteiger partial charge in [0.25, 0.3) is 0 Å². The number of hydrogen-bond donors (Lipinski definition) is 2. The molecule has 0 aliphatic carbocycles. The Balaban J connectivity index is 2.17. The van der Waals surface area contributed by atoms with Gasteiger partial charge >= 0.3 is 0 Å². The zero-order valence-corrected chi connectivity index (χ0v) is 15.7. The molecular weight excluding hydrogens is 383 g/mol. The van der Waals surface area contributed by atoms with E-state index in [1.165, 1.54) is 6.20 Å². The first kappa shape index (κ1) is 19.1. The molecule has 2 aromatic carbocycles. The number of hydrogen-bond acceptors (Lipinski definition) is 4. The van der Waals surface area contributed by atoms with Crippen LogP contribution in [0.15, 0.2) is 78.6 Å². The van der Waals surface area contributed by atoms with Crippen LogP contribution >= 0.6 is 23.2 Å². The summed E-state index contributed by atoms with van der Waals surface area (Å²) in [5.41, 5.74) is 7.76. The molecule has 6 heteroatoms. The lowest BCUT2D eigenvalue weighted by Gasteiger charge is -2.18. The molecule has 0 saturated carbocycles. The van der Waals surface area contributed by atoms with E-state index in [0.29, 0.717) is 16.1 Å². The first-order valence-corrected chi connectivity index (χ1v) is 8.87. The van der Waals surface area contributed by atoms with Gasteiger partial charge in [0.05, 0.1) is 10.6 Å². The first-order chi connectivity index (χ1) is 13.0. The molecule has 0 fully saturated rings. The summed E-state index contributed by atoms with van der Waals surface area (Å²) in [6, 6.07) is 16.7. The molecule has 0 radical (unpaired) electrons. The van der Waals surface area contributed by atoms with Crippen molar-refractivity contribution in [2.75, 3.05) is 0 Å². The van der Waals surface area contributed by atoms with Crippen LogP contribution in [0, 0.1) is 0 Å². The van der Waals surface area contributed by atoms with Crippen LogP contribution in [0.4, 0.5) is 0 Å². The van der Waals surface area contributed by atoms with Gasteiger partial charge < -0.3 is 10.8 Å². The van der Waals surface area contributed by atoms with Crippen LogP contribution in [0.25, 0.3) is 5.70 Å². The van der Waals surface area contributed by atoms with Crippen molar-refractivity contribution in [2.24, 2.45) is 5.73 Å². The molecule has 1 atom stereocenters. The minimum absolute atomic E-state index is 0.0263. The Bertz CT molecular complexity index is 987. The van der Waals surface area contributed by atoms with Gasteiger partial charge in [-0.3, -0.25) is 9.78 Å². The Morgan fingerprint density at radius 3 is 2.33 bits per heavy atom. The highest BCUT2D eigenvalue weighted by molar-refractivity contribution is 6.35. The number of ketones is 1. The van der Waals surface area contributed by atoms with Crippen LogP contribution in [0.5, 0.6) is 0 Å². The van der Waals surface area contributed by atoms with E-state index in [2.05, 4.69) is 4.98 Å². The molecule has 1 unspecified atom stereocenters. The molecule has 0 aliphatic rings. The van der Waals surface area contributed by atoms with E-state index in [1.807, 2.05) is 0 Å². The van der Waals surface area contributed by atoms with Crippen molar-refractivity contribution in [1.82, 2.24) is 4.98 Å². The molecule has 0 bridgehead atoms. The number of pyridine rings is 1. The number of carbonyl (C=O) groups is 1. The number of Topliss-reactive ketones (excluding diaryl/α,β-unsaturated/α-hetero) is 1. The Morgan fingerprint density at radius 2 is 1.70 bits per heavy atom. The number of aliphatic hydroxyl groups is 1. The van der Waals surface area contributed by atoms with Gasteiger partial charge in [0.15, 0.2) is 5.78 Å². The van der Waals surface area contributed by atoms with Crippen molar-refractivity contribution in [3.05, 3.63) is 105 Å². The molecule has 0 saturated heterocycles. The predicted molar refractivity (Wildman–Crippen MR) is 108 cm³/mol. The van der Waals surface area contributed by atoms with Crippen molar-refractivity contribution in [1.29, 1.82) is 0 Å². The predicted octanol–water partition coefficient (Wildman–Crippen LogP) is 4.67. The zero-order valence-electron chi connectivity index (χ0n) is 14.1. The molecule has 1 aromatic heterocycles. The van der Waals surface area contributed by atoms with E-state index in [-0.39, 0.29) is 21.9 Å². The van der Waals surface area contributed by atoms with Crippen molar-refractivity contribution in [3.63, 3.8) is 0 Å². The zero-order chi connectivity index (χ0) is 19.4. The third-order valence-electron chi connectivity index (χ3n) is 4.08. The van der Waals surface area contributed by atoms with Crippen molar-refractivity contribution < 1.29 is 9.90 Å². The van der Waals surface area contributed by atoms with Crippen LogP contribution in [0.2, 0.25) is 10.0 Å². The number of benzene rings is 2. The Hall–Kier alpha value is -2.66. The highest BCUT2D eigenvalue weighted by Crippen LogP contribution is 2.31. The first-order valence-electron chi connectivity index (χ1n) is 8.12. The largest absolute Gasteiger partial charge is 0.398 e. The summed E-state index contributed by atoms with van der Waals surface area (Å²) < 4.78 is 0. The molecule has 4 nitrogen and oxygen atoms in total. The lowest BCUT2D eigenvalue weighted by Crippen LogP contribution is -2.18.